The molecule has 0 aliphatic carbocycles. The zero-order chi connectivity index (χ0) is 13.3. The molecule has 0 bridgehead atoms. The molecule has 2 rings (SSSR count). The summed E-state index contributed by atoms with van der Waals surface area (Å²) in [6.45, 7) is 0. The normalized spacial score (nSPS) is 12.7. The quantitative estimate of drug-likeness (QED) is 0.786. The first kappa shape index (κ1) is 14.2. The van der Waals surface area contributed by atoms with Crippen molar-refractivity contribution in [1.82, 2.24) is 15.1 Å². The van der Waals surface area contributed by atoms with Gasteiger partial charge in [0.15, 0.2) is 0 Å². The second-order valence-corrected chi connectivity index (χ2v) is 6.61. The molecule has 0 aliphatic heterocycles. The Morgan fingerprint density at radius 2 is 1.78 bits per heavy atom. The van der Waals surface area contributed by atoms with Gasteiger partial charge in [-0.05, 0) is 46.7 Å². The fourth-order valence-electron chi connectivity index (χ4n) is 1.95. The van der Waals surface area contributed by atoms with Crippen LogP contribution in [0.1, 0.15) is 17.3 Å². The van der Waals surface area contributed by atoms with E-state index in [0.29, 0.717) is 0 Å². The molecule has 3 nitrogen and oxygen atoms in total. The predicted octanol–water partition coefficient (Wildman–Crippen LogP) is 4.02. The number of nitrogens with zero attached hydrogens (tertiary/aromatic N) is 2. The number of hydrogen-bond acceptors (Lipinski definition) is 2. The molecule has 96 valence electrons. The number of aromatic nitrogens is 2. The summed E-state index contributed by atoms with van der Waals surface area (Å²) in [5.41, 5.74) is 2.27. The topological polar surface area (TPSA) is 29.9 Å². The number of aryl methyl sites for hydroxylation is 1. The van der Waals surface area contributed by atoms with Gasteiger partial charge >= 0.3 is 0 Å². The van der Waals surface area contributed by atoms with E-state index in [1.165, 1.54) is 5.56 Å². The molecule has 0 spiro atoms. The smallest absolute Gasteiger partial charge is 0.0758 e. The van der Waals surface area contributed by atoms with Crippen LogP contribution in [-0.2, 0) is 7.05 Å². The molecule has 0 fully saturated rings. The van der Waals surface area contributed by atoms with Gasteiger partial charge in [0.25, 0.3) is 0 Å². The molecule has 0 radical (unpaired) electrons. The number of rotatable bonds is 3. The SMILES string of the molecule is CNC(c1cc(Br)cc(Br)c1)c1c(Br)cnn1C. The van der Waals surface area contributed by atoms with Crippen LogP contribution >= 0.6 is 47.8 Å². The van der Waals surface area contributed by atoms with Crippen LogP contribution in [0, 0.1) is 0 Å². The second kappa shape index (κ2) is 5.86. The lowest BCUT2D eigenvalue weighted by Gasteiger charge is -2.18. The molecule has 1 atom stereocenters. The highest BCUT2D eigenvalue weighted by atomic mass is 79.9. The average Bonchev–Trinajstić information content (AvgIpc) is 2.61. The minimum absolute atomic E-state index is 0.0840. The van der Waals surface area contributed by atoms with E-state index in [9.17, 15) is 0 Å². The van der Waals surface area contributed by atoms with Crippen molar-refractivity contribution in [3.8, 4) is 0 Å². The van der Waals surface area contributed by atoms with Crippen molar-refractivity contribution in [3.63, 3.8) is 0 Å². The molecule has 1 N–H and O–H groups in total. The fourth-order valence-corrected chi connectivity index (χ4v) is 3.85. The van der Waals surface area contributed by atoms with E-state index in [0.717, 1.165) is 19.1 Å². The largest absolute Gasteiger partial charge is 0.308 e. The molecule has 2 aromatic rings. The summed E-state index contributed by atoms with van der Waals surface area (Å²) in [6.07, 6.45) is 1.81. The Kier molecular flexibility index (Phi) is 4.64. The van der Waals surface area contributed by atoms with E-state index in [4.69, 9.17) is 0 Å². The molecule has 18 heavy (non-hydrogen) atoms. The van der Waals surface area contributed by atoms with E-state index in [1.807, 2.05) is 31.0 Å². The number of nitrogens with one attached hydrogen (secondary N) is 1. The lowest BCUT2D eigenvalue weighted by atomic mass is 10.0. The Bertz CT molecular complexity index is 526. The summed E-state index contributed by atoms with van der Waals surface area (Å²) >= 11 is 10.6. The highest BCUT2D eigenvalue weighted by molar-refractivity contribution is 9.11. The first-order chi connectivity index (χ1) is 8.52. The maximum Gasteiger partial charge on any atom is 0.0758 e. The van der Waals surface area contributed by atoms with E-state index in [2.05, 4.69) is 70.3 Å². The van der Waals surface area contributed by atoms with E-state index in [1.54, 1.807) is 0 Å². The lowest BCUT2D eigenvalue weighted by molar-refractivity contribution is 0.603. The Hall–Kier alpha value is -0.170. The third-order valence-corrected chi connectivity index (χ3v) is 4.24. The molecule has 0 amide bonds. The Morgan fingerprint density at radius 3 is 2.22 bits per heavy atom. The molecule has 0 saturated carbocycles. The maximum atomic E-state index is 4.26. The van der Waals surface area contributed by atoms with E-state index < -0.39 is 0 Å². The van der Waals surface area contributed by atoms with Crippen LogP contribution in [0.2, 0.25) is 0 Å². The minimum Gasteiger partial charge on any atom is -0.308 e. The van der Waals surface area contributed by atoms with Gasteiger partial charge in [-0.1, -0.05) is 31.9 Å². The van der Waals surface area contributed by atoms with Crippen LogP contribution < -0.4 is 5.32 Å². The van der Waals surface area contributed by atoms with Crippen molar-refractivity contribution >= 4 is 47.8 Å². The number of benzene rings is 1. The summed E-state index contributed by atoms with van der Waals surface area (Å²) in [5, 5.41) is 7.59. The van der Waals surface area contributed by atoms with Crippen molar-refractivity contribution in [1.29, 1.82) is 0 Å². The lowest BCUT2D eigenvalue weighted by Crippen LogP contribution is -2.21. The van der Waals surface area contributed by atoms with Crippen LogP contribution in [0.3, 0.4) is 0 Å². The predicted molar refractivity (Wildman–Crippen MR) is 83.7 cm³/mol. The standard InChI is InChI=1S/C12H12Br3N3/c1-16-11(12-10(15)6-17-18(12)2)7-3-8(13)5-9(14)4-7/h3-6,11,16H,1-2H3. The summed E-state index contributed by atoms with van der Waals surface area (Å²) in [6, 6.07) is 6.31. The van der Waals surface area contributed by atoms with Gasteiger partial charge in [0, 0.05) is 16.0 Å². The number of halogens is 3. The molecular weight excluding hydrogens is 426 g/mol. The van der Waals surface area contributed by atoms with Crippen molar-refractivity contribution in [3.05, 3.63) is 49.1 Å². The van der Waals surface area contributed by atoms with Crippen LogP contribution in [0.5, 0.6) is 0 Å². The summed E-state index contributed by atoms with van der Waals surface area (Å²) in [7, 11) is 3.89. The van der Waals surface area contributed by atoms with Gasteiger partial charge in [0.05, 0.1) is 22.4 Å². The van der Waals surface area contributed by atoms with Gasteiger partial charge in [-0.15, -0.1) is 0 Å². The van der Waals surface area contributed by atoms with Gasteiger partial charge < -0.3 is 5.32 Å². The Morgan fingerprint density at radius 1 is 1.17 bits per heavy atom. The fraction of sp³-hybridized carbons (Fsp3) is 0.250. The van der Waals surface area contributed by atoms with Gasteiger partial charge in [-0.3, -0.25) is 4.68 Å². The number of hydrogen-bond donors (Lipinski definition) is 1. The summed E-state index contributed by atoms with van der Waals surface area (Å²) in [5.74, 6) is 0. The molecule has 1 aromatic heterocycles. The van der Waals surface area contributed by atoms with Crippen LogP contribution in [0.15, 0.2) is 37.8 Å². The molecule has 0 saturated heterocycles. The molecule has 1 heterocycles. The zero-order valence-electron chi connectivity index (χ0n) is 9.92. The molecule has 0 aliphatic rings. The molecule has 6 heteroatoms. The van der Waals surface area contributed by atoms with Crippen molar-refractivity contribution in [2.45, 2.75) is 6.04 Å². The minimum atomic E-state index is 0.0840. The van der Waals surface area contributed by atoms with E-state index in [-0.39, 0.29) is 6.04 Å². The summed E-state index contributed by atoms with van der Waals surface area (Å²) in [4.78, 5) is 0. The van der Waals surface area contributed by atoms with Gasteiger partial charge in [0.1, 0.15) is 0 Å². The van der Waals surface area contributed by atoms with Crippen LogP contribution in [0.4, 0.5) is 0 Å². The molecule has 1 unspecified atom stereocenters. The monoisotopic (exact) mass is 435 g/mol. The average molecular weight is 438 g/mol. The maximum absolute atomic E-state index is 4.26. The van der Waals surface area contributed by atoms with Crippen molar-refractivity contribution in [2.75, 3.05) is 7.05 Å². The van der Waals surface area contributed by atoms with Crippen LogP contribution in [-0.4, -0.2) is 16.8 Å². The van der Waals surface area contributed by atoms with Gasteiger partial charge in [0.2, 0.25) is 0 Å². The van der Waals surface area contributed by atoms with Crippen LogP contribution in [0.25, 0.3) is 0 Å². The Balaban J connectivity index is 2.52. The zero-order valence-corrected chi connectivity index (χ0v) is 14.7. The van der Waals surface area contributed by atoms with Gasteiger partial charge in [-0.2, -0.15) is 5.10 Å². The van der Waals surface area contributed by atoms with E-state index >= 15 is 0 Å². The highest BCUT2D eigenvalue weighted by Crippen LogP contribution is 2.31. The third kappa shape index (κ3) is 2.87. The Labute approximate surface area is 131 Å². The second-order valence-electron chi connectivity index (χ2n) is 3.93. The van der Waals surface area contributed by atoms with Gasteiger partial charge in [-0.25, -0.2) is 0 Å². The first-order valence-corrected chi connectivity index (χ1v) is 7.71. The first-order valence-electron chi connectivity index (χ1n) is 5.33. The molecular formula is C12H12Br3N3. The molecule has 1 aromatic carbocycles. The van der Waals surface area contributed by atoms with Crippen molar-refractivity contribution in [2.24, 2.45) is 7.05 Å². The van der Waals surface area contributed by atoms with Crippen molar-refractivity contribution < 1.29 is 0 Å². The third-order valence-electron chi connectivity index (χ3n) is 2.72. The summed E-state index contributed by atoms with van der Waals surface area (Å²) < 4.78 is 4.97. The highest BCUT2D eigenvalue weighted by Gasteiger charge is 2.19.